The molecule has 1 unspecified atom stereocenters. The number of rotatable bonds is 7. The highest BCUT2D eigenvalue weighted by Crippen LogP contribution is 2.24. The third kappa shape index (κ3) is 5.02. The number of anilines is 2. The van der Waals surface area contributed by atoms with Crippen molar-refractivity contribution in [2.45, 2.75) is 31.2 Å². The van der Waals surface area contributed by atoms with Crippen molar-refractivity contribution in [2.75, 3.05) is 22.1 Å². The summed E-state index contributed by atoms with van der Waals surface area (Å²) < 4.78 is 26.0. The second-order valence-corrected chi connectivity index (χ2v) is 8.78. The predicted molar refractivity (Wildman–Crippen MR) is 109 cm³/mol. The smallest absolute Gasteiger partial charge is 0.248 e. The zero-order chi connectivity index (χ0) is 19.3. The largest absolute Gasteiger partial charge is 0.324 e. The lowest BCUT2D eigenvalue weighted by molar-refractivity contribution is -0.117. The van der Waals surface area contributed by atoms with Gasteiger partial charge in [-0.3, -0.25) is 9.10 Å². The zero-order valence-electron chi connectivity index (χ0n) is 15.4. The molecule has 0 saturated carbocycles. The molecule has 0 saturated heterocycles. The van der Waals surface area contributed by atoms with Gasteiger partial charge in [-0.15, -0.1) is 11.8 Å². The van der Waals surface area contributed by atoms with Crippen LogP contribution < -0.4 is 9.62 Å². The van der Waals surface area contributed by atoms with Crippen LogP contribution in [0.4, 0.5) is 11.4 Å². The molecule has 0 aromatic heterocycles. The number of nitrogens with zero attached hydrogens (tertiary/aromatic N) is 1. The highest BCUT2D eigenvalue weighted by molar-refractivity contribution is 7.98. The molecule has 0 aliphatic heterocycles. The van der Waals surface area contributed by atoms with E-state index in [1.54, 1.807) is 36.9 Å². The average Bonchev–Trinajstić information content (AvgIpc) is 2.59. The lowest BCUT2D eigenvalue weighted by Crippen LogP contribution is -2.47. The maximum absolute atomic E-state index is 12.8. The third-order valence-electron chi connectivity index (χ3n) is 3.96. The fourth-order valence-corrected chi connectivity index (χ4v) is 4.35. The van der Waals surface area contributed by atoms with Crippen molar-refractivity contribution in [3.63, 3.8) is 0 Å². The molecule has 5 nitrogen and oxygen atoms in total. The van der Waals surface area contributed by atoms with E-state index >= 15 is 0 Å². The van der Waals surface area contributed by atoms with Gasteiger partial charge in [0.1, 0.15) is 6.04 Å². The average molecular weight is 393 g/mol. The first-order chi connectivity index (χ1) is 12.3. The molecule has 1 amide bonds. The molecule has 2 aromatic rings. The number of carbonyl (C=O) groups is 1. The van der Waals surface area contributed by atoms with Gasteiger partial charge in [0, 0.05) is 10.6 Å². The number of hydrogen-bond acceptors (Lipinski definition) is 4. The molecule has 0 heterocycles. The van der Waals surface area contributed by atoms with Crippen LogP contribution in [0.25, 0.3) is 0 Å². The van der Waals surface area contributed by atoms with E-state index in [9.17, 15) is 13.2 Å². The molecule has 0 aliphatic carbocycles. The quantitative estimate of drug-likeness (QED) is 0.726. The van der Waals surface area contributed by atoms with Crippen LogP contribution in [-0.2, 0) is 14.8 Å². The Labute approximate surface area is 159 Å². The van der Waals surface area contributed by atoms with Gasteiger partial charge >= 0.3 is 0 Å². The van der Waals surface area contributed by atoms with Crippen molar-refractivity contribution in [1.29, 1.82) is 0 Å². The molecule has 26 heavy (non-hydrogen) atoms. The van der Waals surface area contributed by atoms with E-state index in [0.29, 0.717) is 17.8 Å². The van der Waals surface area contributed by atoms with E-state index < -0.39 is 16.1 Å². The van der Waals surface area contributed by atoms with Crippen LogP contribution in [0.2, 0.25) is 0 Å². The van der Waals surface area contributed by atoms with Crippen molar-refractivity contribution in [3.8, 4) is 0 Å². The summed E-state index contributed by atoms with van der Waals surface area (Å²) in [6.07, 6.45) is 3.44. The number of hydrogen-bond donors (Lipinski definition) is 1. The maximum Gasteiger partial charge on any atom is 0.248 e. The molecule has 7 heteroatoms. The summed E-state index contributed by atoms with van der Waals surface area (Å²) in [5.41, 5.74) is 2.16. The van der Waals surface area contributed by atoms with E-state index in [2.05, 4.69) is 5.32 Å². The summed E-state index contributed by atoms with van der Waals surface area (Å²) in [7, 11) is -3.62. The van der Waals surface area contributed by atoms with Gasteiger partial charge in [-0.05, 0) is 49.9 Å². The van der Waals surface area contributed by atoms with E-state index in [1.165, 1.54) is 4.31 Å². The first-order valence-corrected chi connectivity index (χ1v) is 11.3. The highest BCUT2D eigenvalue weighted by Gasteiger charge is 2.31. The molecule has 0 fully saturated rings. The van der Waals surface area contributed by atoms with Crippen molar-refractivity contribution in [3.05, 3.63) is 54.1 Å². The number of benzene rings is 2. The van der Waals surface area contributed by atoms with Gasteiger partial charge in [0.15, 0.2) is 0 Å². The van der Waals surface area contributed by atoms with E-state index in [4.69, 9.17) is 0 Å². The molecule has 0 aliphatic rings. The zero-order valence-corrected chi connectivity index (χ0v) is 17.0. The second kappa shape index (κ2) is 8.60. The van der Waals surface area contributed by atoms with Crippen LogP contribution in [0.5, 0.6) is 0 Å². The lowest BCUT2D eigenvalue weighted by atomic mass is 10.1. The van der Waals surface area contributed by atoms with Crippen LogP contribution in [0, 0.1) is 6.92 Å². The highest BCUT2D eigenvalue weighted by atomic mass is 32.2. The van der Waals surface area contributed by atoms with E-state index in [-0.39, 0.29) is 5.91 Å². The standard InChI is InChI=1S/C19H24N2O3S2/c1-5-18(19(22)20-15-7-6-8-17(13-15)25-3)21(26(4,23)24)16-11-9-14(2)10-12-16/h6-13,18H,5H2,1-4H3,(H,20,22). The molecule has 0 bridgehead atoms. The van der Waals surface area contributed by atoms with Gasteiger partial charge in [0.2, 0.25) is 15.9 Å². The van der Waals surface area contributed by atoms with Gasteiger partial charge in [0.05, 0.1) is 11.9 Å². The minimum Gasteiger partial charge on any atom is -0.324 e. The molecule has 2 aromatic carbocycles. The fraction of sp³-hybridized carbons (Fsp3) is 0.316. The van der Waals surface area contributed by atoms with E-state index in [1.807, 2.05) is 43.5 Å². The first kappa shape index (κ1) is 20.3. The number of nitrogens with one attached hydrogen (secondary N) is 1. The number of sulfonamides is 1. The Morgan fingerprint density at radius 2 is 1.85 bits per heavy atom. The second-order valence-electron chi connectivity index (χ2n) is 6.04. The van der Waals surface area contributed by atoms with Gasteiger partial charge in [-0.25, -0.2) is 8.42 Å². The monoisotopic (exact) mass is 392 g/mol. The summed E-state index contributed by atoms with van der Waals surface area (Å²) in [5.74, 6) is -0.350. The van der Waals surface area contributed by atoms with Crippen molar-refractivity contribution in [2.24, 2.45) is 0 Å². The van der Waals surface area contributed by atoms with Crippen LogP contribution in [-0.4, -0.2) is 32.9 Å². The molecular weight excluding hydrogens is 368 g/mol. The Morgan fingerprint density at radius 3 is 2.38 bits per heavy atom. The normalized spacial score (nSPS) is 12.5. The molecule has 1 atom stereocenters. The minimum atomic E-state index is -3.62. The topological polar surface area (TPSA) is 66.5 Å². The Bertz CT molecular complexity index is 865. The van der Waals surface area contributed by atoms with Crippen LogP contribution in [0.3, 0.4) is 0 Å². The molecule has 140 valence electrons. The van der Waals surface area contributed by atoms with Crippen molar-refractivity contribution >= 4 is 39.1 Å². The molecule has 0 spiro atoms. The van der Waals surface area contributed by atoms with Gasteiger partial charge in [-0.1, -0.05) is 30.7 Å². The van der Waals surface area contributed by atoms with Gasteiger partial charge in [-0.2, -0.15) is 0 Å². The summed E-state index contributed by atoms with van der Waals surface area (Å²) in [6.45, 7) is 3.73. The number of carbonyl (C=O) groups excluding carboxylic acids is 1. The Morgan fingerprint density at radius 1 is 1.19 bits per heavy atom. The van der Waals surface area contributed by atoms with Crippen LogP contribution >= 0.6 is 11.8 Å². The Hall–Kier alpha value is -1.99. The summed E-state index contributed by atoms with van der Waals surface area (Å²) in [4.78, 5) is 13.9. The molecule has 0 radical (unpaired) electrons. The lowest BCUT2D eigenvalue weighted by Gasteiger charge is -2.30. The third-order valence-corrected chi connectivity index (χ3v) is 5.86. The molecule has 1 N–H and O–H groups in total. The van der Waals surface area contributed by atoms with Gasteiger partial charge in [0.25, 0.3) is 0 Å². The molecular formula is C19H24N2O3S2. The summed E-state index contributed by atoms with van der Waals surface area (Å²) in [5, 5.41) is 2.84. The Kier molecular flexibility index (Phi) is 6.72. The van der Waals surface area contributed by atoms with Crippen molar-refractivity contribution < 1.29 is 13.2 Å². The van der Waals surface area contributed by atoms with Crippen LogP contribution in [0.1, 0.15) is 18.9 Å². The summed E-state index contributed by atoms with van der Waals surface area (Å²) in [6, 6.07) is 13.8. The number of amides is 1. The van der Waals surface area contributed by atoms with Crippen molar-refractivity contribution in [1.82, 2.24) is 0 Å². The van der Waals surface area contributed by atoms with Crippen LogP contribution in [0.15, 0.2) is 53.4 Å². The number of aryl methyl sites for hydroxylation is 1. The molecule has 2 rings (SSSR count). The Balaban J connectivity index is 2.34. The van der Waals surface area contributed by atoms with E-state index in [0.717, 1.165) is 16.7 Å². The number of thioether (sulfide) groups is 1. The summed E-state index contributed by atoms with van der Waals surface area (Å²) >= 11 is 1.58. The minimum absolute atomic E-state index is 0.350. The SMILES string of the molecule is CCC(C(=O)Nc1cccc(SC)c1)N(c1ccc(C)cc1)S(C)(=O)=O. The van der Waals surface area contributed by atoms with Gasteiger partial charge < -0.3 is 5.32 Å². The maximum atomic E-state index is 12.8. The predicted octanol–water partition coefficient (Wildman–Crippen LogP) is 3.90. The fourth-order valence-electron chi connectivity index (χ4n) is 2.68. The first-order valence-electron chi connectivity index (χ1n) is 8.27.